The van der Waals surface area contributed by atoms with Crippen molar-refractivity contribution in [2.24, 2.45) is 0 Å². The molecule has 2 aromatic rings. The molecule has 136 valence electrons. The molecule has 9 heteroatoms. The molecule has 0 unspecified atom stereocenters. The van der Waals surface area contributed by atoms with Gasteiger partial charge < -0.3 is 4.74 Å². The maximum absolute atomic E-state index is 12.5. The Morgan fingerprint density at radius 1 is 1.42 bits per heavy atom. The fourth-order valence-corrected chi connectivity index (χ4v) is 5.17. The van der Waals surface area contributed by atoms with Gasteiger partial charge in [0.15, 0.2) is 22.1 Å². The highest BCUT2D eigenvalue weighted by atomic mass is 32.2. The minimum atomic E-state index is -3.07. The number of nitrogens with zero attached hydrogens (tertiary/aromatic N) is 4. The molecule has 1 atom stereocenters. The number of pyridine rings is 1. The first-order valence-electron chi connectivity index (χ1n) is 8.54. The molecule has 1 saturated carbocycles. The molecule has 0 amide bonds. The third-order valence-electron chi connectivity index (χ3n) is 4.89. The number of carbonyl (C=O) groups excluding carboxylic acids is 1. The topological polar surface area (TPSA) is 115 Å². The van der Waals surface area contributed by atoms with E-state index >= 15 is 0 Å². The van der Waals surface area contributed by atoms with Gasteiger partial charge in [-0.05, 0) is 32.3 Å². The minimum absolute atomic E-state index is 0.0345. The molecule has 0 spiro atoms. The molecule has 4 rings (SSSR count). The van der Waals surface area contributed by atoms with Crippen molar-refractivity contribution in [2.75, 3.05) is 18.1 Å². The van der Waals surface area contributed by atoms with Gasteiger partial charge >= 0.3 is 5.97 Å². The van der Waals surface area contributed by atoms with Crippen LogP contribution in [0, 0.1) is 18.3 Å². The minimum Gasteiger partial charge on any atom is -0.447 e. The van der Waals surface area contributed by atoms with Crippen LogP contribution in [0.3, 0.4) is 0 Å². The molecule has 2 aromatic heterocycles. The number of hydrogen-bond donors (Lipinski definition) is 0. The third kappa shape index (κ3) is 2.94. The predicted molar refractivity (Wildman–Crippen MR) is 92.4 cm³/mol. The van der Waals surface area contributed by atoms with E-state index in [1.165, 1.54) is 0 Å². The standard InChI is InChI=1S/C17H18N4O4S/c1-10-15-13(17(22)25-6-5-18)8-14(11-2-3-11)19-16(15)21(20-10)12-4-7-26(23,24)9-12/h8,11-12H,2-4,6-7,9H2,1H3/t12-/m0/s1. The molecule has 1 aliphatic heterocycles. The lowest BCUT2D eigenvalue weighted by Crippen LogP contribution is -2.14. The second-order valence-corrected chi connectivity index (χ2v) is 9.12. The van der Waals surface area contributed by atoms with E-state index in [4.69, 9.17) is 15.0 Å². The summed E-state index contributed by atoms with van der Waals surface area (Å²) in [6, 6.07) is 3.24. The Kier molecular flexibility index (Phi) is 3.95. The van der Waals surface area contributed by atoms with Crippen LogP contribution in [-0.2, 0) is 14.6 Å². The van der Waals surface area contributed by atoms with E-state index in [0.717, 1.165) is 18.5 Å². The monoisotopic (exact) mass is 374 g/mol. The summed E-state index contributed by atoms with van der Waals surface area (Å²) in [5.74, 6) is -0.107. The van der Waals surface area contributed by atoms with E-state index in [0.29, 0.717) is 34.6 Å². The summed E-state index contributed by atoms with van der Waals surface area (Å²) in [4.78, 5) is 17.2. The molecular formula is C17H18N4O4S. The first-order chi connectivity index (χ1) is 12.4. The zero-order valence-corrected chi connectivity index (χ0v) is 15.1. The Morgan fingerprint density at radius 3 is 2.81 bits per heavy atom. The van der Waals surface area contributed by atoms with Crippen molar-refractivity contribution >= 4 is 26.8 Å². The van der Waals surface area contributed by atoms with E-state index in [1.54, 1.807) is 23.7 Å². The Balaban J connectivity index is 1.86. The first-order valence-corrected chi connectivity index (χ1v) is 10.4. The lowest BCUT2D eigenvalue weighted by atomic mass is 10.1. The predicted octanol–water partition coefficient (Wildman–Crippen LogP) is 1.66. The van der Waals surface area contributed by atoms with Gasteiger partial charge in [0.25, 0.3) is 0 Å². The van der Waals surface area contributed by atoms with Crippen LogP contribution in [0.25, 0.3) is 11.0 Å². The molecule has 2 aliphatic rings. The number of rotatable bonds is 4. The molecule has 3 heterocycles. The second-order valence-electron chi connectivity index (χ2n) is 6.89. The average molecular weight is 374 g/mol. The average Bonchev–Trinajstić information content (AvgIpc) is 3.32. The van der Waals surface area contributed by atoms with Gasteiger partial charge in [0, 0.05) is 11.6 Å². The number of aromatic nitrogens is 3. The molecule has 0 radical (unpaired) electrons. The number of ether oxygens (including phenoxy) is 1. The largest absolute Gasteiger partial charge is 0.447 e. The van der Waals surface area contributed by atoms with E-state index in [2.05, 4.69) is 5.10 Å². The van der Waals surface area contributed by atoms with Crippen LogP contribution in [0.5, 0.6) is 0 Å². The van der Waals surface area contributed by atoms with E-state index in [1.807, 2.05) is 0 Å². The van der Waals surface area contributed by atoms with Crippen molar-refractivity contribution in [1.29, 1.82) is 5.26 Å². The van der Waals surface area contributed by atoms with Crippen LogP contribution in [0.15, 0.2) is 6.07 Å². The molecular weight excluding hydrogens is 356 g/mol. The number of fused-ring (bicyclic) bond motifs is 1. The van der Waals surface area contributed by atoms with Crippen molar-refractivity contribution in [3.63, 3.8) is 0 Å². The van der Waals surface area contributed by atoms with Gasteiger partial charge in [0.2, 0.25) is 0 Å². The van der Waals surface area contributed by atoms with Crippen LogP contribution in [-0.4, -0.2) is 47.3 Å². The third-order valence-corrected chi connectivity index (χ3v) is 6.64. The molecule has 8 nitrogen and oxygen atoms in total. The molecule has 0 bridgehead atoms. The van der Waals surface area contributed by atoms with Gasteiger partial charge in [0.05, 0.1) is 34.2 Å². The van der Waals surface area contributed by atoms with E-state index in [-0.39, 0.29) is 24.2 Å². The Bertz CT molecular complexity index is 1050. The van der Waals surface area contributed by atoms with Crippen molar-refractivity contribution in [3.8, 4) is 6.07 Å². The maximum atomic E-state index is 12.5. The summed E-state index contributed by atoms with van der Waals surface area (Å²) >= 11 is 0. The Hall–Kier alpha value is -2.47. The lowest BCUT2D eigenvalue weighted by molar-refractivity contribution is 0.0557. The van der Waals surface area contributed by atoms with Crippen LogP contribution >= 0.6 is 0 Å². The molecule has 1 aliphatic carbocycles. The number of nitriles is 1. The van der Waals surface area contributed by atoms with Crippen molar-refractivity contribution in [2.45, 2.75) is 38.1 Å². The summed E-state index contributed by atoms with van der Waals surface area (Å²) in [5, 5.41) is 13.7. The zero-order chi connectivity index (χ0) is 18.5. The maximum Gasteiger partial charge on any atom is 0.340 e. The van der Waals surface area contributed by atoms with Gasteiger partial charge in [-0.1, -0.05) is 0 Å². The summed E-state index contributed by atoms with van der Waals surface area (Å²) in [5.41, 5.74) is 2.26. The van der Waals surface area contributed by atoms with E-state index in [9.17, 15) is 13.2 Å². The van der Waals surface area contributed by atoms with E-state index < -0.39 is 15.8 Å². The fraction of sp³-hybridized carbons (Fsp3) is 0.529. The number of esters is 1. The number of sulfone groups is 1. The molecule has 0 N–H and O–H groups in total. The highest BCUT2D eigenvalue weighted by Gasteiger charge is 2.34. The van der Waals surface area contributed by atoms with Gasteiger partial charge in [-0.15, -0.1) is 0 Å². The van der Waals surface area contributed by atoms with Gasteiger partial charge in [-0.25, -0.2) is 22.9 Å². The quantitative estimate of drug-likeness (QED) is 0.747. The Labute approximate surface area is 150 Å². The van der Waals surface area contributed by atoms with Gasteiger partial charge in [0.1, 0.15) is 6.07 Å². The van der Waals surface area contributed by atoms with Crippen LogP contribution in [0.2, 0.25) is 0 Å². The smallest absolute Gasteiger partial charge is 0.340 e. The summed E-state index contributed by atoms with van der Waals surface area (Å²) in [6.45, 7) is 1.44. The van der Waals surface area contributed by atoms with Crippen molar-refractivity contribution < 1.29 is 17.9 Å². The highest BCUT2D eigenvalue weighted by Crippen LogP contribution is 2.41. The number of carbonyl (C=O) groups is 1. The van der Waals surface area contributed by atoms with Gasteiger partial charge in [-0.3, -0.25) is 0 Å². The second kappa shape index (κ2) is 6.06. The molecule has 1 saturated heterocycles. The highest BCUT2D eigenvalue weighted by molar-refractivity contribution is 7.91. The van der Waals surface area contributed by atoms with Gasteiger partial charge in [-0.2, -0.15) is 10.4 Å². The SMILES string of the molecule is Cc1nn([C@H]2CCS(=O)(=O)C2)c2nc(C3CC3)cc(C(=O)OCC#N)c12. The zero-order valence-electron chi connectivity index (χ0n) is 14.3. The number of hydrogen-bond acceptors (Lipinski definition) is 7. The first kappa shape index (κ1) is 17.0. The van der Waals surface area contributed by atoms with Crippen LogP contribution in [0.4, 0.5) is 0 Å². The van der Waals surface area contributed by atoms with Crippen LogP contribution in [0.1, 0.15) is 53.0 Å². The molecule has 2 fully saturated rings. The fourth-order valence-electron chi connectivity index (χ4n) is 3.48. The normalized spacial score (nSPS) is 21.6. The summed E-state index contributed by atoms with van der Waals surface area (Å²) in [7, 11) is -3.07. The molecule has 26 heavy (non-hydrogen) atoms. The molecule has 0 aromatic carbocycles. The number of aryl methyl sites for hydroxylation is 1. The lowest BCUT2D eigenvalue weighted by Gasteiger charge is -2.11. The van der Waals surface area contributed by atoms with Crippen molar-refractivity contribution in [3.05, 3.63) is 23.0 Å². The summed E-state index contributed by atoms with van der Waals surface area (Å²) < 4.78 is 30.4. The van der Waals surface area contributed by atoms with Crippen LogP contribution < -0.4 is 0 Å². The Morgan fingerprint density at radius 2 is 2.19 bits per heavy atom. The summed E-state index contributed by atoms with van der Waals surface area (Å²) in [6.07, 6.45) is 2.51. The van der Waals surface area contributed by atoms with Crippen molar-refractivity contribution in [1.82, 2.24) is 14.8 Å².